The van der Waals surface area contributed by atoms with Crippen molar-refractivity contribution in [2.24, 2.45) is 0 Å². The molecule has 28 heavy (non-hydrogen) atoms. The van der Waals surface area contributed by atoms with Crippen LogP contribution >= 0.6 is 11.6 Å². The van der Waals surface area contributed by atoms with Crippen LogP contribution in [0.25, 0.3) is 34.2 Å². The fourth-order valence-electron chi connectivity index (χ4n) is 2.48. The van der Waals surface area contributed by atoms with Crippen molar-refractivity contribution in [2.75, 3.05) is 0 Å². The van der Waals surface area contributed by atoms with E-state index in [4.69, 9.17) is 11.6 Å². The summed E-state index contributed by atoms with van der Waals surface area (Å²) >= 11 is 6.03. The quantitative estimate of drug-likeness (QED) is 0.384. The zero-order valence-electron chi connectivity index (χ0n) is 15.9. The summed E-state index contributed by atoms with van der Waals surface area (Å²) in [6.45, 7) is 4.25. The molecule has 4 aromatic rings. The van der Waals surface area contributed by atoms with E-state index < -0.39 is 0 Å². The van der Waals surface area contributed by atoms with Crippen LogP contribution in [0, 0.1) is 0 Å². The molecule has 0 fully saturated rings. The Hall–Kier alpha value is -3.11. The summed E-state index contributed by atoms with van der Waals surface area (Å²) in [6.07, 6.45) is 2.89. The molecule has 2 heterocycles. The lowest BCUT2D eigenvalue weighted by Crippen LogP contribution is -2.00. The monoisotopic (exact) mass is 388 g/mol. The minimum Gasteiger partial charge on any atom is -0.245 e. The van der Waals surface area contributed by atoms with Crippen molar-refractivity contribution in [1.29, 1.82) is 0 Å². The van der Waals surface area contributed by atoms with Gasteiger partial charge in [-0.25, -0.2) is 19.9 Å². The Labute approximate surface area is 170 Å². The molecule has 0 bridgehead atoms. The van der Waals surface area contributed by atoms with Crippen LogP contribution in [-0.4, -0.2) is 19.9 Å². The summed E-state index contributed by atoms with van der Waals surface area (Å²) in [5.74, 6) is 1.81. The van der Waals surface area contributed by atoms with E-state index in [0.717, 1.165) is 16.7 Å². The third-order valence-electron chi connectivity index (χ3n) is 3.68. The Bertz CT molecular complexity index is 963. The minimum atomic E-state index is 0.403. The van der Waals surface area contributed by atoms with Crippen LogP contribution < -0.4 is 0 Å². The number of nitrogens with zero attached hydrogens (tertiary/aromatic N) is 4. The lowest BCUT2D eigenvalue weighted by molar-refractivity contribution is 1.07. The standard InChI is InChI=1S/C20H13ClN4.C3H8/c21-17-13-16(11-12-22-17)20-24-18(14-7-3-1-4-8-14)23-19(25-20)15-9-5-2-6-10-15;1-3-2/h1-13H;3H2,1-2H3. The zero-order chi connectivity index (χ0) is 19.8. The fraction of sp³-hybridized carbons (Fsp3) is 0.130. The van der Waals surface area contributed by atoms with Crippen LogP contribution in [-0.2, 0) is 0 Å². The van der Waals surface area contributed by atoms with Crippen LogP contribution in [0.1, 0.15) is 20.3 Å². The first-order valence-corrected chi connectivity index (χ1v) is 9.58. The molecule has 0 aliphatic carbocycles. The molecule has 0 aliphatic rings. The highest BCUT2D eigenvalue weighted by molar-refractivity contribution is 6.29. The summed E-state index contributed by atoms with van der Waals surface area (Å²) in [4.78, 5) is 17.9. The third kappa shape index (κ3) is 4.99. The average molecular weight is 389 g/mol. The van der Waals surface area contributed by atoms with Gasteiger partial charge in [0.1, 0.15) is 5.15 Å². The Kier molecular flexibility index (Phi) is 6.82. The molecule has 2 aromatic heterocycles. The molecule has 0 N–H and O–H groups in total. The van der Waals surface area contributed by atoms with E-state index in [1.54, 1.807) is 12.3 Å². The van der Waals surface area contributed by atoms with E-state index in [9.17, 15) is 0 Å². The highest BCUT2D eigenvalue weighted by Crippen LogP contribution is 2.25. The van der Waals surface area contributed by atoms with E-state index in [-0.39, 0.29) is 0 Å². The molecular weight excluding hydrogens is 368 g/mol. The molecule has 0 aliphatic heterocycles. The number of rotatable bonds is 3. The second kappa shape index (κ2) is 9.72. The van der Waals surface area contributed by atoms with Crippen molar-refractivity contribution in [3.8, 4) is 34.2 Å². The molecule has 0 radical (unpaired) electrons. The van der Waals surface area contributed by atoms with Crippen molar-refractivity contribution >= 4 is 11.6 Å². The van der Waals surface area contributed by atoms with E-state index >= 15 is 0 Å². The Balaban J connectivity index is 0.000000706. The normalized spacial score (nSPS) is 10.1. The maximum absolute atomic E-state index is 6.03. The van der Waals surface area contributed by atoms with Crippen molar-refractivity contribution in [1.82, 2.24) is 19.9 Å². The number of halogens is 1. The molecule has 0 amide bonds. The van der Waals surface area contributed by atoms with Crippen molar-refractivity contribution in [3.63, 3.8) is 0 Å². The highest BCUT2D eigenvalue weighted by atomic mass is 35.5. The van der Waals surface area contributed by atoms with Gasteiger partial charge >= 0.3 is 0 Å². The maximum atomic E-state index is 6.03. The predicted octanol–water partition coefficient (Wildman–Crippen LogP) is 6.34. The molecular formula is C23H21ClN4. The Morgan fingerprint density at radius 3 is 1.50 bits per heavy atom. The Morgan fingerprint density at radius 1 is 0.643 bits per heavy atom. The first-order valence-electron chi connectivity index (χ1n) is 9.20. The number of pyridine rings is 1. The molecule has 0 unspecified atom stereocenters. The smallest absolute Gasteiger partial charge is 0.164 e. The first-order chi connectivity index (χ1) is 13.7. The van der Waals surface area contributed by atoms with Crippen LogP contribution in [0.5, 0.6) is 0 Å². The molecule has 0 atom stereocenters. The largest absolute Gasteiger partial charge is 0.245 e. The van der Waals surface area contributed by atoms with Crippen LogP contribution in [0.4, 0.5) is 0 Å². The molecule has 4 nitrogen and oxygen atoms in total. The summed E-state index contributed by atoms with van der Waals surface area (Å²) in [5.41, 5.74) is 2.67. The highest BCUT2D eigenvalue weighted by Gasteiger charge is 2.12. The number of aromatic nitrogens is 4. The summed E-state index contributed by atoms with van der Waals surface area (Å²) < 4.78 is 0. The van der Waals surface area contributed by atoms with Crippen LogP contribution in [0.2, 0.25) is 5.15 Å². The number of benzene rings is 2. The lowest BCUT2D eigenvalue weighted by atomic mass is 10.1. The van der Waals surface area contributed by atoms with E-state index in [2.05, 4.69) is 33.8 Å². The van der Waals surface area contributed by atoms with Gasteiger partial charge in [-0.2, -0.15) is 0 Å². The first kappa shape index (κ1) is 19.6. The molecule has 0 spiro atoms. The topological polar surface area (TPSA) is 51.6 Å². The molecule has 0 saturated carbocycles. The van der Waals surface area contributed by atoms with Crippen LogP contribution in [0.3, 0.4) is 0 Å². The summed E-state index contributed by atoms with van der Waals surface area (Å²) in [7, 11) is 0. The Morgan fingerprint density at radius 2 is 1.07 bits per heavy atom. The SMILES string of the molecule is CCC.Clc1cc(-c2nc(-c3ccccc3)nc(-c3ccccc3)n2)ccn1. The van der Waals surface area contributed by atoms with Gasteiger partial charge in [0.15, 0.2) is 17.5 Å². The van der Waals surface area contributed by atoms with Gasteiger partial charge in [0.25, 0.3) is 0 Å². The van der Waals surface area contributed by atoms with Crippen LogP contribution in [0.15, 0.2) is 79.0 Å². The zero-order valence-corrected chi connectivity index (χ0v) is 16.6. The maximum Gasteiger partial charge on any atom is 0.164 e. The van der Waals surface area contributed by atoms with Gasteiger partial charge in [-0.1, -0.05) is 92.5 Å². The van der Waals surface area contributed by atoms with Gasteiger partial charge in [-0.3, -0.25) is 0 Å². The van der Waals surface area contributed by atoms with Gasteiger partial charge < -0.3 is 0 Å². The molecule has 2 aromatic carbocycles. The molecule has 140 valence electrons. The van der Waals surface area contributed by atoms with Crippen molar-refractivity contribution in [3.05, 3.63) is 84.1 Å². The van der Waals surface area contributed by atoms with Gasteiger partial charge in [0.2, 0.25) is 0 Å². The van der Waals surface area contributed by atoms with Gasteiger partial charge in [-0.05, 0) is 12.1 Å². The van der Waals surface area contributed by atoms with E-state index in [1.165, 1.54) is 6.42 Å². The minimum absolute atomic E-state index is 0.403. The second-order valence-electron chi connectivity index (χ2n) is 6.11. The molecule has 0 saturated heterocycles. The van der Waals surface area contributed by atoms with E-state index in [0.29, 0.717) is 22.6 Å². The van der Waals surface area contributed by atoms with Gasteiger partial charge in [-0.15, -0.1) is 0 Å². The third-order valence-corrected chi connectivity index (χ3v) is 3.89. The molecule has 4 rings (SSSR count). The second-order valence-corrected chi connectivity index (χ2v) is 6.50. The van der Waals surface area contributed by atoms with Crippen molar-refractivity contribution in [2.45, 2.75) is 20.3 Å². The van der Waals surface area contributed by atoms with E-state index in [1.807, 2.05) is 66.7 Å². The van der Waals surface area contributed by atoms with Gasteiger partial charge in [0.05, 0.1) is 0 Å². The number of hydrogen-bond acceptors (Lipinski definition) is 4. The van der Waals surface area contributed by atoms with Gasteiger partial charge in [0, 0.05) is 22.9 Å². The predicted molar refractivity (Wildman–Crippen MR) is 115 cm³/mol. The molecule has 5 heteroatoms. The van der Waals surface area contributed by atoms with Crippen molar-refractivity contribution < 1.29 is 0 Å². The average Bonchev–Trinajstić information content (AvgIpc) is 2.75. The fourth-order valence-corrected chi connectivity index (χ4v) is 2.65. The number of hydrogen-bond donors (Lipinski definition) is 0. The summed E-state index contributed by atoms with van der Waals surface area (Å²) in [6, 6.07) is 23.3. The summed E-state index contributed by atoms with van der Waals surface area (Å²) in [5, 5.41) is 0.403. The lowest BCUT2D eigenvalue weighted by Gasteiger charge is -2.08.